The molecular formula is C11H8FNOS2. The van der Waals surface area contributed by atoms with Crippen LogP contribution in [0.25, 0.3) is 10.4 Å². The highest BCUT2D eigenvalue weighted by atomic mass is 32.1. The number of thiocarbonyl (C=S) groups is 1. The van der Waals surface area contributed by atoms with Crippen molar-refractivity contribution in [2.24, 2.45) is 0 Å². The second-order valence-electron chi connectivity index (χ2n) is 3.10. The molecule has 2 aromatic rings. The SMILES string of the molecule is OC(=S)Nc1ccc(-c2ccc(F)cc2)s1. The van der Waals surface area contributed by atoms with Crippen LogP contribution in [0.3, 0.4) is 0 Å². The van der Waals surface area contributed by atoms with Gasteiger partial charge in [-0.05, 0) is 42.0 Å². The Kier molecular flexibility index (Phi) is 3.17. The lowest BCUT2D eigenvalue weighted by Crippen LogP contribution is -2.04. The summed E-state index contributed by atoms with van der Waals surface area (Å²) in [6.07, 6.45) is 0. The van der Waals surface area contributed by atoms with Gasteiger partial charge in [0.15, 0.2) is 0 Å². The van der Waals surface area contributed by atoms with E-state index in [9.17, 15) is 4.39 Å². The summed E-state index contributed by atoms with van der Waals surface area (Å²) in [5.74, 6) is -0.254. The first kappa shape index (κ1) is 11.0. The molecule has 0 saturated carbocycles. The van der Waals surface area contributed by atoms with Crippen LogP contribution in [0.15, 0.2) is 36.4 Å². The number of hydrogen-bond acceptors (Lipinski definition) is 2. The molecule has 0 aliphatic rings. The number of benzene rings is 1. The third-order valence-corrected chi connectivity index (χ3v) is 3.12. The summed E-state index contributed by atoms with van der Waals surface area (Å²) < 4.78 is 12.7. The Morgan fingerprint density at radius 3 is 2.50 bits per heavy atom. The average Bonchev–Trinajstić information content (AvgIpc) is 2.66. The molecule has 16 heavy (non-hydrogen) atoms. The molecule has 2 N–H and O–H groups in total. The van der Waals surface area contributed by atoms with Crippen LogP contribution in [0.1, 0.15) is 0 Å². The quantitative estimate of drug-likeness (QED) is 0.798. The van der Waals surface area contributed by atoms with Crippen molar-refractivity contribution in [3.05, 3.63) is 42.2 Å². The maximum absolute atomic E-state index is 12.7. The smallest absolute Gasteiger partial charge is 0.259 e. The van der Waals surface area contributed by atoms with Crippen molar-refractivity contribution in [3.8, 4) is 10.4 Å². The van der Waals surface area contributed by atoms with E-state index in [2.05, 4.69) is 17.5 Å². The van der Waals surface area contributed by atoms with Crippen LogP contribution >= 0.6 is 23.6 Å². The molecule has 1 aromatic carbocycles. The predicted molar refractivity (Wildman–Crippen MR) is 68.6 cm³/mol. The van der Waals surface area contributed by atoms with Crippen molar-refractivity contribution < 1.29 is 9.50 Å². The van der Waals surface area contributed by atoms with Crippen molar-refractivity contribution in [1.82, 2.24) is 0 Å². The van der Waals surface area contributed by atoms with E-state index in [1.54, 1.807) is 12.1 Å². The number of nitrogens with one attached hydrogen (secondary N) is 1. The molecule has 0 saturated heterocycles. The van der Waals surface area contributed by atoms with Gasteiger partial charge in [0.05, 0.1) is 5.00 Å². The van der Waals surface area contributed by atoms with Crippen LogP contribution in [0, 0.1) is 5.82 Å². The van der Waals surface area contributed by atoms with Crippen LogP contribution in [0.2, 0.25) is 0 Å². The molecule has 0 unspecified atom stereocenters. The Hall–Kier alpha value is -1.46. The molecule has 82 valence electrons. The normalized spacial score (nSPS) is 10.1. The number of anilines is 1. The van der Waals surface area contributed by atoms with Crippen molar-refractivity contribution in [3.63, 3.8) is 0 Å². The monoisotopic (exact) mass is 253 g/mol. The summed E-state index contributed by atoms with van der Waals surface area (Å²) in [5, 5.41) is 12.0. The van der Waals surface area contributed by atoms with Gasteiger partial charge in [-0.1, -0.05) is 12.1 Å². The minimum atomic E-state index is -0.257. The zero-order chi connectivity index (χ0) is 11.5. The van der Waals surface area contributed by atoms with Crippen LogP contribution in [-0.4, -0.2) is 10.3 Å². The van der Waals surface area contributed by atoms with Gasteiger partial charge in [0.1, 0.15) is 5.82 Å². The Labute approximate surface area is 101 Å². The largest absolute Gasteiger partial charge is 0.486 e. The Morgan fingerprint density at radius 1 is 1.19 bits per heavy atom. The number of aliphatic hydroxyl groups is 1. The predicted octanol–water partition coefficient (Wildman–Crippen LogP) is 3.81. The van der Waals surface area contributed by atoms with Gasteiger partial charge >= 0.3 is 0 Å². The minimum absolute atomic E-state index is 0.254. The maximum atomic E-state index is 12.7. The second-order valence-corrected chi connectivity index (χ2v) is 4.57. The van der Waals surface area contributed by atoms with E-state index in [0.29, 0.717) is 0 Å². The zero-order valence-electron chi connectivity index (χ0n) is 8.11. The molecule has 0 fully saturated rings. The summed E-state index contributed by atoms with van der Waals surface area (Å²) in [5.41, 5.74) is 0.934. The number of rotatable bonds is 2. The third-order valence-electron chi connectivity index (χ3n) is 1.96. The van der Waals surface area contributed by atoms with E-state index in [-0.39, 0.29) is 11.0 Å². The summed E-state index contributed by atoms with van der Waals surface area (Å²) in [6, 6.07) is 9.95. The molecule has 2 nitrogen and oxygen atoms in total. The van der Waals surface area contributed by atoms with Gasteiger partial charge in [-0.15, -0.1) is 11.3 Å². The molecule has 0 aliphatic carbocycles. The first-order valence-corrected chi connectivity index (χ1v) is 5.73. The number of halogens is 1. The van der Waals surface area contributed by atoms with E-state index in [0.717, 1.165) is 15.4 Å². The highest BCUT2D eigenvalue weighted by Gasteiger charge is 2.03. The van der Waals surface area contributed by atoms with Crippen molar-refractivity contribution in [2.75, 3.05) is 5.32 Å². The lowest BCUT2D eigenvalue weighted by molar-refractivity contribution is 0.567. The van der Waals surface area contributed by atoms with E-state index in [4.69, 9.17) is 5.11 Å². The van der Waals surface area contributed by atoms with Gasteiger partial charge in [-0.3, -0.25) is 0 Å². The highest BCUT2D eigenvalue weighted by Crippen LogP contribution is 2.31. The molecule has 0 spiro atoms. The van der Waals surface area contributed by atoms with E-state index in [1.165, 1.54) is 23.5 Å². The fourth-order valence-electron chi connectivity index (χ4n) is 1.28. The van der Waals surface area contributed by atoms with Crippen molar-refractivity contribution in [2.45, 2.75) is 0 Å². The average molecular weight is 253 g/mol. The standard InChI is InChI=1S/C11H8FNOS2/c12-8-3-1-7(2-4-8)9-5-6-10(16-9)13-11(14)15/h1-6H,(H2,13,14,15). The van der Waals surface area contributed by atoms with Crippen molar-refractivity contribution >= 4 is 33.7 Å². The lowest BCUT2D eigenvalue weighted by Gasteiger charge is -1.97. The molecule has 0 bridgehead atoms. The minimum Gasteiger partial charge on any atom is -0.486 e. The van der Waals surface area contributed by atoms with Crippen LogP contribution in [0.5, 0.6) is 0 Å². The van der Waals surface area contributed by atoms with Gasteiger partial charge < -0.3 is 10.4 Å². The van der Waals surface area contributed by atoms with Gasteiger partial charge in [0.2, 0.25) is 0 Å². The Morgan fingerprint density at radius 2 is 1.88 bits per heavy atom. The molecule has 1 aromatic heterocycles. The first-order valence-electron chi connectivity index (χ1n) is 4.51. The lowest BCUT2D eigenvalue weighted by atomic mass is 10.2. The maximum Gasteiger partial charge on any atom is 0.259 e. The third kappa shape index (κ3) is 2.56. The van der Waals surface area contributed by atoms with Gasteiger partial charge in [-0.2, -0.15) is 0 Å². The van der Waals surface area contributed by atoms with Crippen molar-refractivity contribution in [1.29, 1.82) is 0 Å². The number of aliphatic hydroxyl groups excluding tert-OH is 1. The molecular weight excluding hydrogens is 245 g/mol. The summed E-state index contributed by atoms with van der Waals surface area (Å²) >= 11 is 5.96. The first-order chi connectivity index (χ1) is 7.65. The summed E-state index contributed by atoms with van der Waals surface area (Å²) in [4.78, 5) is 0.985. The molecule has 0 aliphatic heterocycles. The Bertz CT molecular complexity index is 507. The van der Waals surface area contributed by atoms with E-state index in [1.807, 2.05) is 12.1 Å². The Balaban J connectivity index is 2.24. The molecule has 0 amide bonds. The molecule has 0 radical (unpaired) electrons. The zero-order valence-corrected chi connectivity index (χ0v) is 9.74. The molecule has 0 atom stereocenters. The van der Waals surface area contributed by atoms with Crippen LogP contribution in [0.4, 0.5) is 9.39 Å². The number of hydrogen-bond donors (Lipinski definition) is 2. The molecule has 5 heteroatoms. The molecule has 2 rings (SSSR count). The molecule has 1 heterocycles. The van der Waals surface area contributed by atoms with Crippen LogP contribution in [-0.2, 0) is 0 Å². The fraction of sp³-hybridized carbons (Fsp3) is 0. The topological polar surface area (TPSA) is 32.3 Å². The summed E-state index contributed by atoms with van der Waals surface area (Å²) in [7, 11) is 0. The van der Waals surface area contributed by atoms with E-state index >= 15 is 0 Å². The van der Waals surface area contributed by atoms with Gasteiger partial charge in [-0.25, -0.2) is 4.39 Å². The van der Waals surface area contributed by atoms with Gasteiger partial charge in [0.25, 0.3) is 5.17 Å². The fourth-order valence-corrected chi connectivity index (χ4v) is 2.37. The second kappa shape index (κ2) is 4.59. The van der Waals surface area contributed by atoms with E-state index < -0.39 is 0 Å². The highest BCUT2D eigenvalue weighted by molar-refractivity contribution is 7.80. The number of thiophene rings is 1. The van der Waals surface area contributed by atoms with Gasteiger partial charge in [0, 0.05) is 4.88 Å². The van der Waals surface area contributed by atoms with Crippen LogP contribution < -0.4 is 5.32 Å². The summed E-state index contributed by atoms with van der Waals surface area (Å²) in [6.45, 7) is 0.